The maximum absolute atomic E-state index is 11.6. The van der Waals surface area contributed by atoms with E-state index in [1.807, 2.05) is 6.07 Å². The Kier molecular flexibility index (Phi) is 3.37. The van der Waals surface area contributed by atoms with Gasteiger partial charge >= 0.3 is 0 Å². The zero-order valence-corrected chi connectivity index (χ0v) is 12.2. The van der Waals surface area contributed by atoms with Gasteiger partial charge in [0.1, 0.15) is 17.5 Å². The number of nitrogen functional groups attached to an aromatic ring is 1. The van der Waals surface area contributed by atoms with Gasteiger partial charge < -0.3 is 21.4 Å². The zero-order chi connectivity index (χ0) is 15.7. The molecule has 3 aromatic heterocycles. The van der Waals surface area contributed by atoms with Crippen LogP contribution in [0.15, 0.2) is 24.7 Å². The van der Waals surface area contributed by atoms with Gasteiger partial charge in [0, 0.05) is 19.4 Å². The van der Waals surface area contributed by atoms with Gasteiger partial charge in [0.25, 0.3) is 0 Å². The van der Waals surface area contributed by atoms with E-state index in [2.05, 4.69) is 30.7 Å². The molecule has 3 heterocycles. The largest absolute Gasteiger partial charge is 0.383 e. The summed E-state index contributed by atoms with van der Waals surface area (Å²) in [7, 11) is 1.59. The molecular weight excluding hydrogens is 284 g/mol. The number of rotatable bonds is 4. The van der Waals surface area contributed by atoms with E-state index in [0.29, 0.717) is 23.1 Å². The van der Waals surface area contributed by atoms with E-state index in [0.717, 1.165) is 5.39 Å². The standard InChI is InChI=1S/C13H16N8O/c1-7(12(22)15-2)21-6-8(5-17-21)18-13-19-10(14)9-3-4-16-11(9)20-13/h3-7H,1-2H3,(H,15,22)(H4,14,16,18,19,20). The van der Waals surface area contributed by atoms with Gasteiger partial charge in [0.05, 0.1) is 17.3 Å². The summed E-state index contributed by atoms with van der Waals surface area (Å²) in [5, 5.41) is 10.5. The normalized spacial score (nSPS) is 12.3. The number of hydrogen-bond donors (Lipinski definition) is 4. The molecular formula is C13H16N8O. The molecule has 0 fully saturated rings. The topological polar surface area (TPSA) is 127 Å². The van der Waals surface area contributed by atoms with Crippen LogP contribution in [-0.2, 0) is 4.79 Å². The van der Waals surface area contributed by atoms with Crippen LogP contribution in [0.4, 0.5) is 17.5 Å². The zero-order valence-electron chi connectivity index (χ0n) is 12.2. The number of nitrogens with two attached hydrogens (primary N) is 1. The summed E-state index contributed by atoms with van der Waals surface area (Å²) in [4.78, 5) is 23.1. The van der Waals surface area contributed by atoms with Crippen molar-refractivity contribution in [1.29, 1.82) is 0 Å². The van der Waals surface area contributed by atoms with Gasteiger partial charge in [-0.25, -0.2) is 0 Å². The van der Waals surface area contributed by atoms with Gasteiger partial charge in [-0.15, -0.1) is 0 Å². The van der Waals surface area contributed by atoms with Crippen LogP contribution in [-0.4, -0.2) is 37.7 Å². The van der Waals surface area contributed by atoms with Crippen molar-refractivity contribution in [3.63, 3.8) is 0 Å². The van der Waals surface area contributed by atoms with Gasteiger partial charge in [0.2, 0.25) is 11.9 Å². The van der Waals surface area contributed by atoms with Crippen LogP contribution >= 0.6 is 0 Å². The highest BCUT2D eigenvalue weighted by molar-refractivity contribution is 5.87. The summed E-state index contributed by atoms with van der Waals surface area (Å²) < 4.78 is 1.55. The van der Waals surface area contributed by atoms with Gasteiger partial charge in [0.15, 0.2) is 0 Å². The Morgan fingerprint density at radius 2 is 2.27 bits per heavy atom. The van der Waals surface area contributed by atoms with Crippen molar-refractivity contribution in [2.75, 3.05) is 18.1 Å². The molecule has 114 valence electrons. The molecule has 3 rings (SSSR count). The second-order valence-electron chi connectivity index (χ2n) is 4.80. The number of hydrogen-bond acceptors (Lipinski definition) is 6. The number of amides is 1. The van der Waals surface area contributed by atoms with Crippen LogP contribution in [0.2, 0.25) is 0 Å². The van der Waals surface area contributed by atoms with Crippen LogP contribution < -0.4 is 16.4 Å². The predicted molar refractivity (Wildman–Crippen MR) is 82.6 cm³/mol. The minimum absolute atomic E-state index is 0.122. The average Bonchev–Trinajstić information content (AvgIpc) is 3.15. The second-order valence-corrected chi connectivity index (χ2v) is 4.80. The van der Waals surface area contributed by atoms with Crippen molar-refractivity contribution < 1.29 is 4.79 Å². The van der Waals surface area contributed by atoms with Crippen LogP contribution in [0.25, 0.3) is 11.0 Å². The molecule has 0 spiro atoms. The molecule has 1 amide bonds. The molecule has 1 unspecified atom stereocenters. The first-order valence-corrected chi connectivity index (χ1v) is 6.72. The highest BCUT2D eigenvalue weighted by Gasteiger charge is 2.14. The average molecular weight is 300 g/mol. The molecule has 0 aromatic carbocycles. The Labute approximate surface area is 125 Å². The predicted octanol–water partition coefficient (Wildman–Crippen LogP) is 0.787. The third-order valence-corrected chi connectivity index (χ3v) is 3.33. The third kappa shape index (κ3) is 2.43. The lowest BCUT2D eigenvalue weighted by molar-refractivity contribution is -0.123. The van der Waals surface area contributed by atoms with Crippen LogP contribution in [0.1, 0.15) is 13.0 Å². The summed E-state index contributed by atoms with van der Waals surface area (Å²) in [5.41, 5.74) is 7.20. The maximum Gasteiger partial charge on any atom is 0.244 e. The van der Waals surface area contributed by atoms with E-state index in [9.17, 15) is 4.79 Å². The first-order valence-electron chi connectivity index (χ1n) is 6.72. The van der Waals surface area contributed by atoms with Crippen LogP contribution in [0.3, 0.4) is 0 Å². The minimum Gasteiger partial charge on any atom is -0.383 e. The molecule has 0 saturated carbocycles. The van der Waals surface area contributed by atoms with Gasteiger partial charge in [-0.05, 0) is 13.0 Å². The Bertz CT molecular complexity index is 820. The summed E-state index contributed by atoms with van der Waals surface area (Å²) in [6, 6.07) is 1.41. The van der Waals surface area contributed by atoms with Crippen molar-refractivity contribution in [2.24, 2.45) is 0 Å². The highest BCUT2D eigenvalue weighted by atomic mass is 16.2. The van der Waals surface area contributed by atoms with Gasteiger partial charge in [-0.2, -0.15) is 15.1 Å². The lowest BCUT2D eigenvalue weighted by atomic mass is 10.3. The minimum atomic E-state index is -0.405. The molecule has 22 heavy (non-hydrogen) atoms. The number of nitrogens with zero attached hydrogens (tertiary/aromatic N) is 4. The lowest BCUT2D eigenvalue weighted by Gasteiger charge is -2.09. The summed E-state index contributed by atoms with van der Waals surface area (Å²) in [6.45, 7) is 1.76. The van der Waals surface area contributed by atoms with Crippen molar-refractivity contribution in [3.05, 3.63) is 24.7 Å². The number of likely N-dealkylation sites (N-methyl/N-ethyl adjacent to an activating group) is 1. The Balaban J connectivity index is 1.83. The number of aromatic nitrogens is 5. The molecule has 9 heteroatoms. The monoisotopic (exact) mass is 300 g/mol. The Morgan fingerprint density at radius 1 is 1.45 bits per heavy atom. The SMILES string of the molecule is CNC(=O)C(C)n1cc(Nc2nc(N)c3cc[nH]c3n2)cn1. The first kappa shape index (κ1) is 13.9. The highest BCUT2D eigenvalue weighted by Crippen LogP contribution is 2.20. The van der Waals surface area contributed by atoms with Crippen molar-refractivity contribution in [1.82, 2.24) is 30.0 Å². The molecule has 0 bridgehead atoms. The quantitative estimate of drug-likeness (QED) is 0.564. The number of fused-ring (bicyclic) bond motifs is 1. The van der Waals surface area contributed by atoms with Gasteiger partial charge in [-0.1, -0.05) is 0 Å². The molecule has 9 nitrogen and oxygen atoms in total. The third-order valence-electron chi connectivity index (χ3n) is 3.33. The number of H-pyrrole nitrogens is 1. The van der Waals surface area contributed by atoms with Crippen molar-refractivity contribution >= 4 is 34.4 Å². The molecule has 0 aliphatic heterocycles. The fourth-order valence-electron chi connectivity index (χ4n) is 2.09. The van der Waals surface area contributed by atoms with E-state index < -0.39 is 6.04 Å². The van der Waals surface area contributed by atoms with E-state index in [1.165, 1.54) is 0 Å². The molecule has 1 atom stereocenters. The Hall–Kier alpha value is -3.10. The molecule has 5 N–H and O–H groups in total. The number of aromatic amines is 1. The molecule has 0 saturated heterocycles. The summed E-state index contributed by atoms with van der Waals surface area (Å²) in [5.74, 6) is 0.627. The summed E-state index contributed by atoms with van der Waals surface area (Å²) in [6.07, 6.45) is 5.05. The number of carbonyl (C=O) groups excluding carboxylic acids is 1. The molecule has 0 radical (unpaired) electrons. The van der Waals surface area contributed by atoms with Crippen molar-refractivity contribution in [2.45, 2.75) is 13.0 Å². The number of carbonyl (C=O) groups is 1. The van der Waals surface area contributed by atoms with Crippen LogP contribution in [0.5, 0.6) is 0 Å². The van der Waals surface area contributed by atoms with E-state index in [-0.39, 0.29) is 5.91 Å². The van der Waals surface area contributed by atoms with E-state index in [1.54, 1.807) is 37.2 Å². The lowest BCUT2D eigenvalue weighted by Crippen LogP contribution is -2.27. The van der Waals surface area contributed by atoms with Crippen LogP contribution in [0, 0.1) is 0 Å². The number of nitrogens with one attached hydrogen (secondary N) is 3. The molecule has 3 aromatic rings. The smallest absolute Gasteiger partial charge is 0.244 e. The van der Waals surface area contributed by atoms with Gasteiger partial charge in [-0.3, -0.25) is 9.48 Å². The molecule has 0 aliphatic carbocycles. The second kappa shape index (κ2) is 5.35. The van der Waals surface area contributed by atoms with E-state index in [4.69, 9.17) is 5.73 Å². The first-order chi connectivity index (χ1) is 10.6. The maximum atomic E-state index is 11.6. The van der Waals surface area contributed by atoms with Crippen molar-refractivity contribution in [3.8, 4) is 0 Å². The van der Waals surface area contributed by atoms with E-state index >= 15 is 0 Å². The summed E-state index contributed by atoms with van der Waals surface area (Å²) >= 11 is 0. The Morgan fingerprint density at radius 3 is 3.05 bits per heavy atom. The number of anilines is 3. The fraction of sp³-hybridized carbons (Fsp3) is 0.231. The fourth-order valence-corrected chi connectivity index (χ4v) is 2.09. The molecule has 0 aliphatic rings.